The van der Waals surface area contributed by atoms with E-state index in [0.29, 0.717) is 17.4 Å². The molecule has 0 spiro atoms. The number of aryl methyl sites for hydroxylation is 1. The lowest BCUT2D eigenvalue weighted by atomic mass is 10.2. The van der Waals surface area contributed by atoms with E-state index < -0.39 is 5.82 Å². The summed E-state index contributed by atoms with van der Waals surface area (Å²) in [4.78, 5) is 8.32. The summed E-state index contributed by atoms with van der Waals surface area (Å²) in [5.41, 5.74) is 1.61. The van der Waals surface area contributed by atoms with Crippen molar-refractivity contribution in [2.45, 2.75) is 13.8 Å². The van der Waals surface area contributed by atoms with Crippen LogP contribution in [0, 0.1) is 19.7 Å². The third kappa shape index (κ3) is 2.08. The van der Waals surface area contributed by atoms with Gasteiger partial charge in [0.05, 0.1) is 5.02 Å². The van der Waals surface area contributed by atoms with Crippen LogP contribution in [0.25, 0.3) is 5.78 Å². The van der Waals surface area contributed by atoms with Gasteiger partial charge in [0.25, 0.3) is 5.78 Å². The van der Waals surface area contributed by atoms with Crippen LogP contribution < -0.4 is 4.74 Å². The minimum Gasteiger partial charge on any atom is -0.438 e. The molecule has 0 radical (unpaired) electrons. The summed E-state index contributed by atoms with van der Waals surface area (Å²) in [6.07, 6.45) is 1.39. The third-order valence-corrected chi connectivity index (χ3v) is 3.25. The minimum atomic E-state index is -0.493. The van der Waals surface area contributed by atoms with Gasteiger partial charge in [-0.2, -0.15) is 14.6 Å². The molecule has 0 saturated carbocycles. The highest BCUT2D eigenvalue weighted by Gasteiger charge is 2.13. The summed E-state index contributed by atoms with van der Waals surface area (Å²) in [7, 11) is 0. The van der Waals surface area contributed by atoms with Crippen molar-refractivity contribution in [2.24, 2.45) is 0 Å². The molecule has 20 heavy (non-hydrogen) atoms. The molecule has 0 amide bonds. The summed E-state index contributed by atoms with van der Waals surface area (Å²) in [5, 5.41) is 4.07. The maximum atomic E-state index is 13.2. The number of hydrogen-bond acceptors (Lipinski definition) is 4. The van der Waals surface area contributed by atoms with Gasteiger partial charge < -0.3 is 4.74 Å². The van der Waals surface area contributed by atoms with Crippen molar-refractivity contribution in [3.8, 4) is 11.6 Å². The number of rotatable bonds is 2. The second kappa shape index (κ2) is 4.72. The van der Waals surface area contributed by atoms with Gasteiger partial charge in [-0.15, -0.1) is 0 Å². The Morgan fingerprint density at radius 1 is 1.30 bits per heavy atom. The maximum Gasteiger partial charge on any atom is 0.255 e. The molecule has 3 rings (SSSR count). The zero-order valence-electron chi connectivity index (χ0n) is 10.8. The first-order valence-electron chi connectivity index (χ1n) is 5.86. The topological polar surface area (TPSA) is 52.3 Å². The van der Waals surface area contributed by atoms with Gasteiger partial charge in [0.2, 0.25) is 5.88 Å². The van der Waals surface area contributed by atoms with E-state index in [-0.39, 0.29) is 5.02 Å². The first kappa shape index (κ1) is 12.8. The van der Waals surface area contributed by atoms with Crippen LogP contribution in [-0.2, 0) is 0 Å². The smallest absolute Gasteiger partial charge is 0.255 e. The molecule has 3 aromatic rings. The van der Waals surface area contributed by atoms with Crippen LogP contribution in [0.5, 0.6) is 11.6 Å². The van der Waals surface area contributed by atoms with Crippen LogP contribution in [0.15, 0.2) is 24.5 Å². The molecule has 0 aliphatic rings. The molecule has 102 valence electrons. The van der Waals surface area contributed by atoms with Gasteiger partial charge in [-0.3, -0.25) is 0 Å². The standard InChI is InChI=1S/C13H10ClFN4O/c1-7-8(2)18-13-16-6-17-19(13)12(7)20-9-3-4-11(15)10(14)5-9/h3-6H,1-2H3. The highest BCUT2D eigenvalue weighted by molar-refractivity contribution is 6.30. The quantitative estimate of drug-likeness (QED) is 0.727. The molecular weight excluding hydrogens is 283 g/mol. The molecule has 0 aliphatic carbocycles. The lowest BCUT2D eigenvalue weighted by molar-refractivity contribution is 0.439. The fourth-order valence-corrected chi connectivity index (χ4v) is 1.94. The highest BCUT2D eigenvalue weighted by atomic mass is 35.5. The van der Waals surface area contributed by atoms with Crippen LogP contribution in [0.3, 0.4) is 0 Å². The number of benzene rings is 1. The zero-order valence-corrected chi connectivity index (χ0v) is 11.5. The van der Waals surface area contributed by atoms with E-state index in [0.717, 1.165) is 11.3 Å². The molecule has 0 unspecified atom stereocenters. The average Bonchev–Trinajstić information content (AvgIpc) is 2.87. The van der Waals surface area contributed by atoms with Gasteiger partial charge in [-0.1, -0.05) is 11.6 Å². The van der Waals surface area contributed by atoms with Gasteiger partial charge >= 0.3 is 0 Å². The first-order valence-corrected chi connectivity index (χ1v) is 6.24. The van der Waals surface area contributed by atoms with E-state index in [1.54, 1.807) is 0 Å². The van der Waals surface area contributed by atoms with Crippen molar-refractivity contribution >= 4 is 17.4 Å². The molecule has 0 atom stereocenters. The van der Waals surface area contributed by atoms with Gasteiger partial charge in [-0.05, 0) is 26.0 Å². The Morgan fingerprint density at radius 3 is 2.85 bits per heavy atom. The van der Waals surface area contributed by atoms with Crippen LogP contribution in [-0.4, -0.2) is 19.6 Å². The second-order valence-electron chi connectivity index (χ2n) is 4.28. The van der Waals surface area contributed by atoms with Crippen molar-refractivity contribution in [3.63, 3.8) is 0 Å². The van der Waals surface area contributed by atoms with E-state index in [9.17, 15) is 4.39 Å². The highest BCUT2D eigenvalue weighted by Crippen LogP contribution is 2.29. The predicted molar refractivity (Wildman–Crippen MR) is 71.7 cm³/mol. The van der Waals surface area contributed by atoms with Crippen molar-refractivity contribution in [2.75, 3.05) is 0 Å². The Bertz CT molecular complexity index is 802. The fourth-order valence-electron chi connectivity index (χ4n) is 1.77. The minimum absolute atomic E-state index is 0.000709. The molecule has 0 saturated heterocycles. The van der Waals surface area contributed by atoms with Crippen molar-refractivity contribution < 1.29 is 9.13 Å². The van der Waals surface area contributed by atoms with Crippen LogP contribution >= 0.6 is 11.6 Å². The Morgan fingerprint density at radius 2 is 2.10 bits per heavy atom. The molecule has 0 aliphatic heterocycles. The molecule has 2 aromatic heterocycles. The Hall–Kier alpha value is -2.21. The summed E-state index contributed by atoms with van der Waals surface area (Å²) < 4.78 is 20.4. The monoisotopic (exact) mass is 292 g/mol. The molecule has 0 fully saturated rings. The molecule has 0 bridgehead atoms. The number of aromatic nitrogens is 4. The van der Waals surface area contributed by atoms with E-state index in [4.69, 9.17) is 16.3 Å². The van der Waals surface area contributed by atoms with Gasteiger partial charge in [0.15, 0.2) is 0 Å². The fraction of sp³-hybridized carbons (Fsp3) is 0.154. The normalized spacial score (nSPS) is 11.0. The SMILES string of the molecule is Cc1nc2ncnn2c(Oc2ccc(F)c(Cl)c2)c1C. The van der Waals surface area contributed by atoms with E-state index in [2.05, 4.69) is 15.1 Å². The maximum absolute atomic E-state index is 13.2. The number of halogens is 2. The zero-order chi connectivity index (χ0) is 14.3. The van der Waals surface area contributed by atoms with E-state index in [1.807, 2.05) is 13.8 Å². The van der Waals surface area contributed by atoms with E-state index >= 15 is 0 Å². The summed E-state index contributed by atoms with van der Waals surface area (Å²) in [5.74, 6) is 0.846. The second-order valence-corrected chi connectivity index (χ2v) is 4.68. The lowest BCUT2D eigenvalue weighted by Crippen LogP contribution is -2.03. The molecule has 7 heteroatoms. The molecule has 0 N–H and O–H groups in total. The van der Waals surface area contributed by atoms with E-state index in [1.165, 1.54) is 29.0 Å². The van der Waals surface area contributed by atoms with Crippen LogP contribution in [0.4, 0.5) is 4.39 Å². The van der Waals surface area contributed by atoms with Gasteiger partial charge in [0, 0.05) is 17.3 Å². The summed E-state index contributed by atoms with van der Waals surface area (Å²) >= 11 is 5.75. The molecule has 1 aromatic carbocycles. The molecule has 5 nitrogen and oxygen atoms in total. The number of fused-ring (bicyclic) bond motifs is 1. The average molecular weight is 293 g/mol. The summed E-state index contributed by atoms with van der Waals surface area (Å²) in [6.45, 7) is 3.72. The van der Waals surface area contributed by atoms with Crippen LogP contribution in [0.2, 0.25) is 5.02 Å². The predicted octanol–water partition coefficient (Wildman–Crippen LogP) is 3.33. The Kier molecular flexibility index (Phi) is 3.02. The lowest BCUT2D eigenvalue weighted by Gasteiger charge is -2.11. The number of nitrogens with zero attached hydrogens (tertiary/aromatic N) is 4. The van der Waals surface area contributed by atoms with Crippen LogP contribution in [0.1, 0.15) is 11.3 Å². The van der Waals surface area contributed by atoms with Gasteiger partial charge in [-0.25, -0.2) is 9.37 Å². The third-order valence-electron chi connectivity index (χ3n) is 2.96. The number of hydrogen-bond donors (Lipinski definition) is 0. The molecular formula is C13H10ClFN4O. The number of ether oxygens (including phenoxy) is 1. The Balaban J connectivity index is 2.11. The van der Waals surface area contributed by atoms with Crippen molar-refractivity contribution in [1.82, 2.24) is 19.6 Å². The molecule has 2 heterocycles. The Labute approximate surface area is 119 Å². The van der Waals surface area contributed by atoms with Crippen molar-refractivity contribution in [1.29, 1.82) is 0 Å². The first-order chi connectivity index (χ1) is 9.56. The van der Waals surface area contributed by atoms with Crippen molar-refractivity contribution in [3.05, 3.63) is 46.6 Å². The van der Waals surface area contributed by atoms with Gasteiger partial charge in [0.1, 0.15) is 17.9 Å². The summed E-state index contributed by atoms with van der Waals surface area (Å²) in [6, 6.07) is 4.16. The largest absolute Gasteiger partial charge is 0.438 e.